The largest absolute Gasteiger partial charge is 0.333 e. The molecule has 3 heteroatoms. The van der Waals surface area contributed by atoms with E-state index in [2.05, 4.69) is 43.1 Å². The van der Waals surface area contributed by atoms with Gasteiger partial charge in [-0.25, -0.2) is 0 Å². The van der Waals surface area contributed by atoms with Crippen molar-refractivity contribution in [1.29, 1.82) is 0 Å². The lowest BCUT2D eigenvalue weighted by Crippen LogP contribution is -2.39. The summed E-state index contributed by atoms with van der Waals surface area (Å²) in [4.78, 5) is 18.8. The molecule has 0 N–H and O–H groups in total. The van der Waals surface area contributed by atoms with Crippen molar-refractivity contribution in [3.8, 4) is 0 Å². The molecule has 3 nitrogen and oxygen atoms in total. The van der Waals surface area contributed by atoms with Crippen molar-refractivity contribution in [3.63, 3.8) is 0 Å². The van der Waals surface area contributed by atoms with Gasteiger partial charge in [-0.2, -0.15) is 0 Å². The highest BCUT2D eigenvalue weighted by Crippen LogP contribution is 2.37. The first-order chi connectivity index (χ1) is 10.2. The summed E-state index contributed by atoms with van der Waals surface area (Å²) in [5.41, 5.74) is 1.99. The van der Waals surface area contributed by atoms with Crippen molar-refractivity contribution in [2.24, 2.45) is 0 Å². The minimum atomic E-state index is 0.0848. The van der Waals surface area contributed by atoms with E-state index in [1.165, 1.54) is 5.56 Å². The molecule has 2 aromatic rings. The Hall–Kier alpha value is -2.16. The summed E-state index contributed by atoms with van der Waals surface area (Å²) in [6, 6.07) is 14.6. The molecule has 0 saturated carbocycles. The molecule has 1 fully saturated rings. The molecule has 2 heterocycles. The summed E-state index contributed by atoms with van der Waals surface area (Å²) in [5, 5.41) is 0. The zero-order valence-corrected chi connectivity index (χ0v) is 12.4. The summed E-state index contributed by atoms with van der Waals surface area (Å²) >= 11 is 0. The molecule has 1 saturated heterocycles. The van der Waals surface area contributed by atoms with Crippen LogP contribution >= 0.6 is 0 Å². The van der Waals surface area contributed by atoms with Crippen molar-refractivity contribution in [2.45, 2.75) is 38.3 Å². The number of aromatic nitrogens is 1. The first kappa shape index (κ1) is 13.8. The highest BCUT2D eigenvalue weighted by molar-refractivity contribution is 5.94. The lowest BCUT2D eigenvalue weighted by molar-refractivity contribution is 0.0687. The third kappa shape index (κ3) is 2.56. The fraction of sp³-hybridized carbons (Fsp3) is 0.333. The predicted octanol–water partition coefficient (Wildman–Crippen LogP) is 3.49. The zero-order chi connectivity index (χ0) is 14.8. The summed E-state index contributed by atoms with van der Waals surface area (Å²) in [6.07, 6.45) is 4.36. The van der Waals surface area contributed by atoms with Gasteiger partial charge in [0.1, 0.15) is 0 Å². The summed E-state index contributed by atoms with van der Waals surface area (Å²) in [5.74, 6) is 0.489. The molecule has 3 atom stereocenters. The van der Waals surface area contributed by atoms with E-state index >= 15 is 0 Å². The Labute approximate surface area is 125 Å². The van der Waals surface area contributed by atoms with Gasteiger partial charge in [0.2, 0.25) is 0 Å². The number of benzene rings is 1. The van der Waals surface area contributed by atoms with Gasteiger partial charge in [-0.05, 0) is 38.0 Å². The Balaban J connectivity index is 1.86. The molecular weight excluding hydrogens is 260 g/mol. The van der Waals surface area contributed by atoms with Gasteiger partial charge in [-0.3, -0.25) is 9.78 Å². The van der Waals surface area contributed by atoms with Crippen molar-refractivity contribution in [1.82, 2.24) is 9.88 Å². The third-order valence-corrected chi connectivity index (χ3v) is 4.46. The van der Waals surface area contributed by atoms with Crippen LogP contribution in [0.1, 0.15) is 42.1 Å². The predicted molar refractivity (Wildman–Crippen MR) is 83.1 cm³/mol. The fourth-order valence-electron chi connectivity index (χ4n) is 3.41. The van der Waals surface area contributed by atoms with Crippen LogP contribution in [0.5, 0.6) is 0 Å². The number of likely N-dealkylation sites (tertiary alicyclic amines) is 1. The quantitative estimate of drug-likeness (QED) is 0.843. The van der Waals surface area contributed by atoms with Crippen LogP contribution in [-0.2, 0) is 0 Å². The van der Waals surface area contributed by atoms with Crippen LogP contribution in [0.15, 0.2) is 54.9 Å². The first-order valence-corrected chi connectivity index (χ1v) is 7.46. The van der Waals surface area contributed by atoms with E-state index in [0.29, 0.717) is 11.5 Å². The Morgan fingerprint density at radius 2 is 1.90 bits per heavy atom. The Bertz CT molecular complexity index is 612. The minimum Gasteiger partial charge on any atom is -0.333 e. The van der Waals surface area contributed by atoms with Crippen molar-refractivity contribution in [2.75, 3.05) is 0 Å². The zero-order valence-electron chi connectivity index (χ0n) is 12.4. The first-order valence-electron chi connectivity index (χ1n) is 7.46. The number of rotatable bonds is 2. The number of carbonyl (C=O) groups excluding carboxylic acids is 1. The molecule has 0 radical (unpaired) electrons. The van der Waals surface area contributed by atoms with Gasteiger partial charge in [0, 0.05) is 30.4 Å². The number of pyridine rings is 1. The summed E-state index contributed by atoms with van der Waals surface area (Å²) < 4.78 is 0. The molecule has 1 aliphatic rings. The van der Waals surface area contributed by atoms with Crippen LogP contribution in [0.4, 0.5) is 0 Å². The summed E-state index contributed by atoms with van der Waals surface area (Å²) in [7, 11) is 0. The molecular formula is C18H20N2O. The summed E-state index contributed by atoms with van der Waals surface area (Å²) in [6.45, 7) is 4.28. The maximum atomic E-state index is 12.7. The van der Waals surface area contributed by atoms with Gasteiger partial charge in [-0.15, -0.1) is 0 Å². The van der Waals surface area contributed by atoms with E-state index in [9.17, 15) is 4.79 Å². The van der Waals surface area contributed by atoms with Crippen molar-refractivity contribution < 1.29 is 4.79 Å². The van der Waals surface area contributed by atoms with E-state index in [-0.39, 0.29) is 18.0 Å². The van der Waals surface area contributed by atoms with E-state index in [1.54, 1.807) is 12.4 Å². The van der Waals surface area contributed by atoms with Gasteiger partial charge < -0.3 is 4.90 Å². The lowest BCUT2D eigenvalue weighted by Gasteiger charge is -2.28. The van der Waals surface area contributed by atoms with E-state index in [1.807, 2.05) is 23.1 Å². The molecule has 1 amide bonds. The van der Waals surface area contributed by atoms with Gasteiger partial charge in [0.05, 0.1) is 5.56 Å². The molecule has 3 rings (SSSR count). The highest BCUT2D eigenvalue weighted by atomic mass is 16.2. The SMILES string of the molecule is CC1CC(c2ccccc2)C(C)N1C(=O)c1cccnc1. The van der Waals surface area contributed by atoms with Gasteiger partial charge >= 0.3 is 0 Å². The van der Waals surface area contributed by atoms with E-state index in [0.717, 1.165) is 6.42 Å². The topological polar surface area (TPSA) is 33.2 Å². The molecule has 0 bridgehead atoms. The smallest absolute Gasteiger partial charge is 0.255 e. The van der Waals surface area contributed by atoms with Crippen molar-refractivity contribution >= 4 is 5.91 Å². The van der Waals surface area contributed by atoms with Gasteiger partial charge in [0.25, 0.3) is 5.91 Å². The average Bonchev–Trinajstić information content (AvgIpc) is 2.83. The van der Waals surface area contributed by atoms with Crippen LogP contribution in [0.2, 0.25) is 0 Å². The molecule has 1 aromatic heterocycles. The molecule has 0 aliphatic carbocycles. The second-order valence-electron chi connectivity index (χ2n) is 5.80. The Morgan fingerprint density at radius 3 is 2.57 bits per heavy atom. The lowest BCUT2D eigenvalue weighted by atomic mass is 9.92. The monoisotopic (exact) mass is 280 g/mol. The average molecular weight is 280 g/mol. The minimum absolute atomic E-state index is 0.0848. The number of hydrogen-bond donors (Lipinski definition) is 0. The third-order valence-electron chi connectivity index (χ3n) is 4.46. The number of amides is 1. The second-order valence-corrected chi connectivity index (χ2v) is 5.80. The maximum Gasteiger partial charge on any atom is 0.255 e. The van der Waals surface area contributed by atoms with E-state index in [4.69, 9.17) is 0 Å². The van der Waals surface area contributed by atoms with Crippen molar-refractivity contribution in [3.05, 3.63) is 66.0 Å². The molecule has 1 aromatic carbocycles. The highest BCUT2D eigenvalue weighted by Gasteiger charge is 2.39. The Kier molecular flexibility index (Phi) is 3.74. The molecule has 108 valence electrons. The number of carbonyl (C=O) groups is 1. The second kappa shape index (κ2) is 5.68. The fourth-order valence-corrected chi connectivity index (χ4v) is 3.41. The molecule has 1 aliphatic heterocycles. The molecule has 21 heavy (non-hydrogen) atoms. The number of nitrogens with zero attached hydrogens (tertiary/aromatic N) is 2. The molecule has 3 unspecified atom stereocenters. The van der Waals surface area contributed by atoms with Gasteiger partial charge in [0.15, 0.2) is 0 Å². The number of hydrogen-bond acceptors (Lipinski definition) is 2. The van der Waals surface area contributed by atoms with Crippen LogP contribution in [0.3, 0.4) is 0 Å². The standard InChI is InChI=1S/C18H20N2O/c1-13-11-17(15-7-4-3-5-8-15)14(2)20(13)18(21)16-9-6-10-19-12-16/h3-10,12-14,17H,11H2,1-2H3. The van der Waals surface area contributed by atoms with Crippen LogP contribution in [0, 0.1) is 0 Å². The van der Waals surface area contributed by atoms with Crippen LogP contribution in [0.25, 0.3) is 0 Å². The maximum absolute atomic E-state index is 12.7. The Morgan fingerprint density at radius 1 is 1.14 bits per heavy atom. The van der Waals surface area contributed by atoms with E-state index < -0.39 is 0 Å². The van der Waals surface area contributed by atoms with Gasteiger partial charge in [-0.1, -0.05) is 30.3 Å². The van der Waals surface area contributed by atoms with Crippen LogP contribution in [-0.4, -0.2) is 27.9 Å². The molecule has 0 spiro atoms. The normalized spacial score (nSPS) is 25.0. The van der Waals surface area contributed by atoms with Crippen LogP contribution < -0.4 is 0 Å².